The summed E-state index contributed by atoms with van der Waals surface area (Å²) in [5, 5.41) is 13.6. The zero-order valence-electron chi connectivity index (χ0n) is 10.3. The van der Waals surface area contributed by atoms with Crippen LogP contribution >= 0.6 is 0 Å². The molecule has 94 valence electrons. The zero-order valence-corrected chi connectivity index (χ0v) is 10.3. The highest BCUT2D eigenvalue weighted by Crippen LogP contribution is 2.33. The molecule has 1 saturated heterocycles. The van der Waals surface area contributed by atoms with E-state index >= 15 is 0 Å². The Labute approximate surface area is 105 Å². The van der Waals surface area contributed by atoms with Crippen LogP contribution in [0, 0.1) is 5.92 Å². The number of carboxylic acid groups (broad SMARTS) is 1. The third kappa shape index (κ3) is 1.69. The van der Waals surface area contributed by atoms with Gasteiger partial charge in [0.1, 0.15) is 0 Å². The second kappa shape index (κ2) is 4.14. The van der Waals surface area contributed by atoms with Gasteiger partial charge in [-0.2, -0.15) is 0 Å². The molecule has 0 saturated carbocycles. The molecule has 1 aliphatic rings. The fourth-order valence-corrected chi connectivity index (χ4v) is 2.81. The molecule has 4 heteroatoms. The van der Waals surface area contributed by atoms with Crippen molar-refractivity contribution in [3.05, 3.63) is 36.0 Å². The topological polar surface area (TPSA) is 54.3 Å². The lowest BCUT2D eigenvalue weighted by Crippen LogP contribution is -2.17. The number of hydrogen-bond acceptors (Lipinski definition) is 2. The summed E-state index contributed by atoms with van der Waals surface area (Å²) in [5.41, 5.74) is 2.39. The maximum Gasteiger partial charge on any atom is 0.307 e. The minimum atomic E-state index is -0.703. The smallest absolute Gasteiger partial charge is 0.307 e. The Kier molecular flexibility index (Phi) is 2.59. The second-order valence-corrected chi connectivity index (χ2v) is 4.94. The van der Waals surface area contributed by atoms with Gasteiger partial charge in [-0.3, -0.25) is 4.79 Å². The first-order valence-corrected chi connectivity index (χ1v) is 6.17. The SMILES string of the molecule is Cn1cc(C2CC(C(=O)O)CN2)c2ccccc21. The monoisotopic (exact) mass is 244 g/mol. The number of carbonyl (C=O) groups is 1. The normalized spacial score (nSPS) is 23.6. The summed E-state index contributed by atoms with van der Waals surface area (Å²) in [7, 11) is 2.02. The first-order valence-electron chi connectivity index (χ1n) is 6.17. The first kappa shape index (κ1) is 11.3. The fraction of sp³-hybridized carbons (Fsp3) is 0.357. The van der Waals surface area contributed by atoms with Crippen LogP contribution in [-0.2, 0) is 11.8 Å². The Balaban J connectivity index is 1.98. The van der Waals surface area contributed by atoms with Crippen molar-refractivity contribution in [1.29, 1.82) is 0 Å². The molecule has 1 aromatic carbocycles. The molecule has 1 aliphatic heterocycles. The molecule has 2 heterocycles. The van der Waals surface area contributed by atoms with Gasteiger partial charge in [-0.1, -0.05) is 18.2 Å². The highest BCUT2D eigenvalue weighted by atomic mass is 16.4. The Hall–Kier alpha value is -1.81. The molecular formula is C14H16N2O2. The molecule has 0 bridgehead atoms. The standard InChI is InChI=1S/C14H16N2O2/c1-16-8-11(10-4-2-3-5-13(10)16)12-6-9(7-15-12)14(17)18/h2-5,8-9,12,15H,6-7H2,1H3,(H,17,18). The maximum atomic E-state index is 11.0. The van der Waals surface area contributed by atoms with Crippen molar-refractivity contribution in [2.24, 2.45) is 13.0 Å². The molecule has 4 nitrogen and oxygen atoms in total. The highest BCUT2D eigenvalue weighted by molar-refractivity contribution is 5.84. The van der Waals surface area contributed by atoms with E-state index in [-0.39, 0.29) is 12.0 Å². The largest absolute Gasteiger partial charge is 0.481 e. The number of nitrogens with one attached hydrogen (secondary N) is 1. The van der Waals surface area contributed by atoms with Gasteiger partial charge in [0.15, 0.2) is 0 Å². The molecular weight excluding hydrogens is 228 g/mol. The molecule has 1 fully saturated rings. The molecule has 0 radical (unpaired) electrons. The van der Waals surface area contributed by atoms with Crippen molar-refractivity contribution in [3.63, 3.8) is 0 Å². The molecule has 0 spiro atoms. The van der Waals surface area contributed by atoms with Gasteiger partial charge in [0.25, 0.3) is 0 Å². The van der Waals surface area contributed by atoms with Crippen LogP contribution in [0.3, 0.4) is 0 Å². The van der Waals surface area contributed by atoms with Crippen molar-refractivity contribution in [1.82, 2.24) is 9.88 Å². The van der Waals surface area contributed by atoms with Crippen LogP contribution in [-0.4, -0.2) is 22.2 Å². The Bertz CT molecular complexity index is 603. The van der Waals surface area contributed by atoms with Gasteiger partial charge < -0.3 is 15.0 Å². The zero-order chi connectivity index (χ0) is 12.7. The Morgan fingerprint density at radius 3 is 2.94 bits per heavy atom. The van der Waals surface area contributed by atoms with E-state index in [0.717, 1.165) is 0 Å². The average Bonchev–Trinajstić information content (AvgIpc) is 2.95. The number of nitrogens with zero attached hydrogens (tertiary/aromatic N) is 1. The summed E-state index contributed by atoms with van der Waals surface area (Å²) in [6, 6.07) is 8.38. The van der Waals surface area contributed by atoms with Crippen molar-refractivity contribution in [3.8, 4) is 0 Å². The van der Waals surface area contributed by atoms with Gasteiger partial charge in [0, 0.05) is 36.7 Å². The van der Waals surface area contributed by atoms with Crippen LogP contribution in [0.25, 0.3) is 10.9 Å². The summed E-state index contributed by atoms with van der Waals surface area (Å²) < 4.78 is 2.10. The van der Waals surface area contributed by atoms with Crippen LogP contribution in [0.1, 0.15) is 18.0 Å². The van der Waals surface area contributed by atoms with E-state index in [1.54, 1.807) is 0 Å². The summed E-state index contributed by atoms with van der Waals surface area (Å²) >= 11 is 0. The van der Waals surface area contributed by atoms with Gasteiger partial charge in [-0.15, -0.1) is 0 Å². The van der Waals surface area contributed by atoms with Crippen molar-refractivity contribution < 1.29 is 9.90 Å². The number of aromatic nitrogens is 1. The van der Waals surface area contributed by atoms with Gasteiger partial charge >= 0.3 is 5.97 Å². The number of carboxylic acids is 1. The molecule has 3 rings (SSSR count). The minimum absolute atomic E-state index is 0.150. The number of para-hydroxylation sites is 1. The van der Waals surface area contributed by atoms with E-state index in [1.807, 2.05) is 19.2 Å². The Morgan fingerprint density at radius 1 is 1.44 bits per heavy atom. The first-order chi connectivity index (χ1) is 8.66. The summed E-state index contributed by atoms with van der Waals surface area (Å²) in [6.45, 7) is 0.559. The molecule has 0 aliphatic carbocycles. The van der Waals surface area contributed by atoms with Gasteiger partial charge in [-0.25, -0.2) is 0 Å². The minimum Gasteiger partial charge on any atom is -0.481 e. The molecule has 2 N–H and O–H groups in total. The van der Waals surface area contributed by atoms with E-state index in [9.17, 15) is 4.79 Å². The van der Waals surface area contributed by atoms with Gasteiger partial charge in [-0.05, 0) is 18.1 Å². The van der Waals surface area contributed by atoms with Crippen molar-refractivity contribution >= 4 is 16.9 Å². The van der Waals surface area contributed by atoms with Gasteiger partial charge in [0.2, 0.25) is 0 Å². The third-order valence-corrected chi connectivity index (χ3v) is 3.78. The lowest BCUT2D eigenvalue weighted by molar-refractivity contribution is -0.141. The van der Waals surface area contributed by atoms with Crippen LogP contribution < -0.4 is 5.32 Å². The van der Waals surface area contributed by atoms with Crippen molar-refractivity contribution in [2.75, 3.05) is 6.54 Å². The van der Waals surface area contributed by atoms with E-state index in [0.29, 0.717) is 13.0 Å². The Morgan fingerprint density at radius 2 is 2.22 bits per heavy atom. The summed E-state index contributed by atoms with van der Waals surface area (Å²) in [5.74, 6) is -0.973. The van der Waals surface area contributed by atoms with E-state index < -0.39 is 5.97 Å². The lowest BCUT2D eigenvalue weighted by Gasteiger charge is -2.08. The number of aliphatic carboxylic acids is 1. The molecule has 2 aromatic rings. The van der Waals surface area contributed by atoms with Crippen LogP contribution in [0.15, 0.2) is 30.5 Å². The quantitative estimate of drug-likeness (QED) is 0.848. The number of hydrogen-bond donors (Lipinski definition) is 2. The van der Waals surface area contributed by atoms with Crippen molar-refractivity contribution in [2.45, 2.75) is 12.5 Å². The summed E-state index contributed by atoms with van der Waals surface area (Å²) in [6.07, 6.45) is 2.77. The molecule has 2 atom stereocenters. The average molecular weight is 244 g/mol. The van der Waals surface area contributed by atoms with E-state index in [1.165, 1.54) is 16.5 Å². The lowest BCUT2D eigenvalue weighted by atomic mass is 10.00. The van der Waals surface area contributed by atoms with E-state index in [4.69, 9.17) is 5.11 Å². The predicted molar refractivity (Wildman–Crippen MR) is 69.4 cm³/mol. The number of rotatable bonds is 2. The molecule has 2 unspecified atom stereocenters. The van der Waals surface area contributed by atoms with Crippen LogP contribution in [0.5, 0.6) is 0 Å². The predicted octanol–water partition coefficient (Wildman–Crippen LogP) is 1.91. The fourth-order valence-electron chi connectivity index (χ4n) is 2.81. The highest BCUT2D eigenvalue weighted by Gasteiger charge is 2.31. The summed E-state index contributed by atoms with van der Waals surface area (Å²) in [4.78, 5) is 11.0. The third-order valence-electron chi connectivity index (χ3n) is 3.78. The van der Waals surface area contributed by atoms with Gasteiger partial charge in [0.05, 0.1) is 5.92 Å². The molecule has 1 aromatic heterocycles. The van der Waals surface area contributed by atoms with Crippen LogP contribution in [0.2, 0.25) is 0 Å². The van der Waals surface area contributed by atoms with E-state index in [2.05, 4.69) is 28.2 Å². The molecule has 18 heavy (non-hydrogen) atoms. The number of aryl methyl sites for hydroxylation is 1. The maximum absolute atomic E-state index is 11.0. The number of benzene rings is 1. The number of fused-ring (bicyclic) bond motifs is 1. The molecule has 0 amide bonds. The van der Waals surface area contributed by atoms with Crippen LogP contribution in [0.4, 0.5) is 0 Å². The second-order valence-electron chi connectivity index (χ2n) is 4.94.